The zero-order chi connectivity index (χ0) is 14.8. The molecule has 1 N–H and O–H groups in total. The molecule has 0 bridgehead atoms. The lowest BCUT2D eigenvalue weighted by molar-refractivity contribution is 0.102. The molecule has 0 heterocycles. The van der Waals surface area contributed by atoms with Crippen molar-refractivity contribution in [2.45, 2.75) is 32.6 Å². The quantitative estimate of drug-likeness (QED) is 0.737. The van der Waals surface area contributed by atoms with E-state index in [2.05, 4.69) is 47.0 Å². The second-order valence-corrected chi connectivity index (χ2v) is 6.77. The zero-order valence-electron chi connectivity index (χ0n) is 12.1. The molecule has 2 aromatic carbocycles. The van der Waals surface area contributed by atoms with Gasteiger partial charge in [0.15, 0.2) is 0 Å². The largest absolute Gasteiger partial charge is 0.322 e. The van der Waals surface area contributed by atoms with E-state index in [-0.39, 0.29) is 5.91 Å². The summed E-state index contributed by atoms with van der Waals surface area (Å²) >= 11 is 2.29. The molecule has 0 aliphatic heterocycles. The summed E-state index contributed by atoms with van der Waals surface area (Å²) in [7, 11) is 0. The van der Waals surface area contributed by atoms with Gasteiger partial charge in [0.2, 0.25) is 0 Å². The van der Waals surface area contributed by atoms with Crippen LogP contribution in [-0.2, 0) is 12.8 Å². The summed E-state index contributed by atoms with van der Waals surface area (Å²) in [5.74, 6) is -0.0250. The van der Waals surface area contributed by atoms with Gasteiger partial charge in [-0.1, -0.05) is 12.1 Å². The average molecular weight is 391 g/mol. The van der Waals surface area contributed by atoms with E-state index in [1.807, 2.05) is 24.3 Å². The predicted molar refractivity (Wildman–Crippen MR) is 94.9 cm³/mol. The molecule has 108 valence electrons. The van der Waals surface area contributed by atoms with Gasteiger partial charge in [-0.15, -0.1) is 0 Å². The van der Waals surface area contributed by atoms with Crippen molar-refractivity contribution in [3.8, 4) is 0 Å². The number of fused-ring (bicyclic) bond motifs is 1. The first-order valence-electron chi connectivity index (χ1n) is 7.33. The molecule has 1 aliphatic rings. The summed E-state index contributed by atoms with van der Waals surface area (Å²) in [6.07, 6.45) is 4.74. The molecule has 0 unspecified atom stereocenters. The van der Waals surface area contributed by atoms with Gasteiger partial charge in [0, 0.05) is 14.8 Å². The van der Waals surface area contributed by atoms with Gasteiger partial charge in [-0.3, -0.25) is 4.79 Å². The van der Waals surface area contributed by atoms with Crippen LogP contribution in [0.2, 0.25) is 0 Å². The number of nitrogens with one attached hydrogen (secondary N) is 1. The van der Waals surface area contributed by atoms with Crippen LogP contribution in [0.5, 0.6) is 0 Å². The molecular weight excluding hydrogens is 373 g/mol. The highest BCUT2D eigenvalue weighted by atomic mass is 127. The summed E-state index contributed by atoms with van der Waals surface area (Å²) < 4.78 is 1.16. The Labute approximate surface area is 139 Å². The van der Waals surface area contributed by atoms with Crippen molar-refractivity contribution in [1.82, 2.24) is 0 Å². The molecule has 0 atom stereocenters. The van der Waals surface area contributed by atoms with Crippen molar-refractivity contribution in [2.24, 2.45) is 0 Å². The number of benzene rings is 2. The van der Waals surface area contributed by atoms with Gasteiger partial charge in [-0.05, 0) is 96.2 Å². The number of carbonyl (C=O) groups excluding carboxylic acids is 1. The van der Waals surface area contributed by atoms with Crippen molar-refractivity contribution in [2.75, 3.05) is 5.32 Å². The Kier molecular flexibility index (Phi) is 4.29. The van der Waals surface area contributed by atoms with E-state index in [1.165, 1.54) is 29.5 Å². The Morgan fingerprint density at radius 3 is 2.57 bits per heavy atom. The van der Waals surface area contributed by atoms with Crippen LogP contribution in [0.15, 0.2) is 36.4 Å². The van der Waals surface area contributed by atoms with Gasteiger partial charge in [0.05, 0.1) is 0 Å². The monoisotopic (exact) mass is 391 g/mol. The molecule has 1 aliphatic carbocycles. The van der Waals surface area contributed by atoms with Gasteiger partial charge in [-0.25, -0.2) is 0 Å². The van der Waals surface area contributed by atoms with Crippen LogP contribution in [0.25, 0.3) is 0 Å². The van der Waals surface area contributed by atoms with E-state index >= 15 is 0 Å². The van der Waals surface area contributed by atoms with Crippen molar-refractivity contribution < 1.29 is 4.79 Å². The highest BCUT2D eigenvalue weighted by molar-refractivity contribution is 14.1. The third kappa shape index (κ3) is 3.28. The molecule has 0 fully saturated rings. The summed E-state index contributed by atoms with van der Waals surface area (Å²) in [5, 5.41) is 2.99. The van der Waals surface area contributed by atoms with Gasteiger partial charge in [0.25, 0.3) is 5.91 Å². The molecule has 0 spiro atoms. The maximum atomic E-state index is 12.4. The molecule has 0 saturated heterocycles. The molecule has 3 rings (SSSR count). The van der Waals surface area contributed by atoms with E-state index in [1.54, 1.807) is 0 Å². The minimum Gasteiger partial charge on any atom is -0.322 e. The minimum atomic E-state index is -0.0250. The van der Waals surface area contributed by atoms with Crippen LogP contribution in [0.4, 0.5) is 5.69 Å². The fraction of sp³-hybridized carbons (Fsp3) is 0.278. The molecule has 0 radical (unpaired) electrons. The van der Waals surface area contributed by atoms with Crippen molar-refractivity contribution in [1.29, 1.82) is 0 Å². The van der Waals surface area contributed by atoms with Gasteiger partial charge >= 0.3 is 0 Å². The lowest BCUT2D eigenvalue weighted by Gasteiger charge is -2.16. The Morgan fingerprint density at radius 1 is 1.05 bits per heavy atom. The molecule has 0 saturated carbocycles. The van der Waals surface area contributed by atoms with E-state index < -0.39 is 0 Å². The highest BCUT2D eigenvalue weighted by Gasteiger charge is 2.13. The third-order valence-electron chi connectivity index (χ3n) is 4.04. The summed E-state index contributed by atoms with van der Waals surface area (Å²) in [5.41, 5.74) is 5.58. The molecule has 21 heavy (non-hydrogen) atoms. The standard InChI is InChI=1S/C18H18INO/c1-12-6-9-16(11-17(12)19)20-18(21)15-8-7-13-4-2-3-5-14(13)10-15/h6-11H,2-5H2,1H3,(H,20,21). The Balaban J connectivity index is 1.80. The fourth-order valence-corrected chi connectivity index (χ4v) is 3.26. The van der Waals surface area contributed by atoms with Crippen molar-refractivity contribution >= 4 is 34.2 Å². The van der Waals surface area contributed by atoms with Crippen molar-refractivity contribution in [3.63, 3.8) is 0 Å². The third-order valence-corrected chi connectivity index (χ3v) is 5.20. The van der Waals surface area contributed by atoms with Crippen LogP contribution < -0.4 is 5.32 Å². The minimum absolute atomic E-state index is 0.0250. The first-order valence-corrected chi connectivity index (χ1v) is 8.41. The Bertz CT molecular complexity index is 694. The fourth-order valence-electron chi connectivity index (χ4n) is 2.75. The van der Waals surface area contributed by atoms with E-state index in [4.69, 9.17) is 0 Å². The van der Waals surface area contributed by atoms with Crippen LogP contribution in [0.3, 0.4) is 0 Å². The second kappa shape index (κ2) is 6.18. The first kappa shape index (κ1) is 14.6. The number of anilines is 1. The molecule has 1 amide bonds. The van der Waals surface area contributed by atoms with Crippen LogP contribution in [-0.4, -0.2) is 5.91 Å². The second-order valence-electron chi connectivity index (χ2n) is 5.61. The number of rotatable bonds is 2. The average Bonchev–Trinajstić information content (AvgIpc) is 2.50. The number of halogens is 1. The van der Waals surface area contributed by atoms with Gasteiger partial charge in [-0.2, -0.15) is 0 Å². The van der Waals surface area contributed by atoms with Gasteiger partial charge in [0.1, 0.15) is 0 Å². The van der Waals surface area contributed by atoms with Crippen LogP contribution >= 0.6 is 22.6 Å². The first-order chi connectivity index (χ1) is 10.1. The summed E-state index contributed by atoms with van der Waals surface area (Å²) in [6, 6.07) is 12.1. The SMILES string of the molecule is Cc1ccc(NC(=O)c2ccc3c(c2)CCCC3)cc1I. The summed E-state index contributed by atoms with van der Waals surface area (Å²) in [6.45, 7) is 2.07. The highest BCUT2D eigenvalue weighted by Crippen LogP contribution is 2.23. The molecule has 2 nitrogen and oxygen atoms in total. The van der Waals surface area contributed by atoms with Crippen LogP contribution in [0.1, 0.15) is 39.9 Å². The molecular formula is C18H18INO. The van der Waals surface area contributed by atoms with Gasteiger partial charge < -0.3 is 5.32 Å². The Morgan fingerprint density at radius 2 is 1.81 bits per heavy atom. The normalized spacial score (nSPS) is 13.6. The zero-order valence-corrected chi connectivity index (χ0v) is 14.2. The number of hydrogen-bond acceptors (Lipinski definition) is 1. The maximum Gasteiger partial charge on any atom is 0.255 e. The lowest BCUT2D eigenvalue weighted by atomic mass is 9.90. The topological polar surface area (TPSA) is 29.1 Å². The maximum absolute atomic E-state index is 12.4. The van der Waals surface area contributed by atoms with E-state index in [0.717, 1.165) is 27.7 Å². The van der Waals surface area contributed by atoms with E-state index in [9.17, 15) is 4.79 Å². The number of hydrogen-bond donors (Lipinski definition) is 1. The number of aryl methyl sites for hydroxylation is 3. The van der Waals surface area contributed by atoms with E-state index in [0.29, 0.717) is 0 Å². The predicted octanol–water partition coefficient (Wildman–Crippen LogP) is 4.73. The lowest BCUT2D eigenvalue weighted by Crippen LogP contribution is -2.13. The van der Waals surface area contributed by atoms with Crippen molar-refractivity contribution in [3.05, 3.63) is 62.2 Å². The number of amides is 1. The Hall–Kier alpha value is -1.36. The number of carbonyl (C=O) groups is 1. The molecule has 0 aromatic heterocycles. The smallest absolute Gasteiger partial charge is 0.255 e. The summed E-state index contributed by atoms with van der Waals surface area (Å²) in [4.78, 5) is 12.4. The molecule has 2 aromatic rings. The van der Waals surface area contributed by atoms with Crippen LogP contribution in [0, 0.1) is 10.5 Å². The molecule has 3 heteroatoms.